The maximum atomic E-state index is 12.1. The minimum Gasteiger partial charge on any atom is -0.406 e. The highest BCUT2D eigenvalue weighted by molar-refractivity contribution is 5.27. The average Bonchev–Trinajstić information content (AvgIpc) is 2.66. The minimum atomic E-state index is -4.63. The quantitative estimate of drug-likeness (QED) is 0.597. The van der Waals surface area contributed by atoms with Crippen LogP contribution >= 0.6 is 0 Å². The van der Waals surface area contributed by atoms with Gasteiger partial charge >= 0.3 is 6.36 Å². The van der Waals surface area contributed by atoms with Crippen molar-refractivity contribution in [3.8, 4) is 5.75 Å². The van der Waals surface area contributed by atoms with Crippen molar-refractivity contribution in [1.29, 1.82) is 0 Å². The van der Waals surface area contributed by atoms with Crippen LogP contribution in [0.5, 0.6) is 5.75 Å². The number of hydrogen-bond acceptors (Lipinski definition) is 3. The molecule has 0 N–H and O–H groups in total. The molecule has 2 rings (SSSR count). The van der Waals surface area contributed by atoms with Crippen molar-refractivity contribution < 1.29 is 17.9 Å². The molecule has 1 aromatic rings. The molecule has 1 saturated heterocycles. The van der Waals surface area contributed by atoms with E-state index in [0.29, 0.717) is 6.04 Å². The summed E-state index contributed by atoms with van der Waals surface area (Å²) in [5.41, 5.74) is 1.01. The Morgan fingerprint density at radius 3 is 2.00 bits per heavy atom. The summed E-state index contributed by atoms with van der Waals surface area (Å²) in [7, 11) is 2.18. The third-order valence-electron chi connectivity index (χ3n) is 4.32. The molecule has 3 nitrogen and oxygen atoms in total. The van der Waals surface area contributed by atoms with Gasteiger partial charge in [0.25, 0.3) is 0 Å². The van der Waals surface area contributed by atoms with E-state index in [-0.39, 0.29) is 5.75 Å². The van der Waals surface area contributed by atoms with Gasteiger partial charge in [-0.2, -0.15) is 0 Å². The summed E-state index contributed by atoms with van der Waals surface area (Å²) in [6, 6.07) is 6.82. The molecular weight excluding hydrogens is 353 g/mol. The number of halogens is 3. The molecule has 0 aliphatic carbocycles. The Bertz CT molecular complexity index is 469. The van der Waals surface area contributed by atoms with Crippen molar-refractivity contribution in [2.75, 3.05) is 26.7 Å². The molecule has 1 aliphatic heterocycles. The summed E-state index contributed by atoms with van der Waals surface area (Å²) >= 11 is 0. The zero-order valence-electron chi connectivity index (χ0n) is 17.8. The van der Waals surface area contributed by atoms with E-state index in [1.54, 1.807) is 12.1 Å². The Balaban J connectivity index is 0.00000158. The highest BCUT2D eigenvalue weighted by atomic mass is 19.4. The van der Waals surface area contributed by atoms with Crippen LogP contribution in [-0.4, -0.2) is 48.9 Å². The maximum Gasteiger partial charge on any atom is 0.573 e. The third kappa shape index (κ3) is 10.6. The molecule has 0 aromatic heterocycles. The first kappa shape index (κ1) is 25.7. The molecule has 0 bridgehead atoms. The smallest absolute Gasteiger partial charge is 0.406 e. The first-order valence-electron chi connectivity index (χ1n) is 10.1. The molecule has 1 aromatic carbocycles. The van der Waals surface area contributed by atoms with E-state index < -0.39 is 6.36 Å². The summed E-state index contributed by atoms with van der Waals surface area (Å²) in [6.07, 6.45) is -1.17. The number of hydrogen-bond donors (Lipinski definition) is 0. The molecule has 0 unspecified atom stereocenters. The second-order valence-corrected chi connectivity index (χ2v) is 6.18. The van der Waals surface area contributed by atoms with E-state index in [4.69, 9.17) is 0 Å². The van der Waals surface area contributed by atoms with Gasteiger partial charge in [-0.1, -0.05) is 46.8 Å². The second-order valence-electron chi connectivity index (χ2n) is 6.18. The van der Waals surface area contributed by atoms with Crippen LogP contribution < -0.4 is 4.74 Å². The second kappa shape index (κ2) is 13.8. The highest BCUT2D eigenvalue weighted by Gasteiger charge is 2.31. The van der Waals surface area contributed by atoms with Crippen LogP contribution in [0.1, 0.15) is 59.4 Å². The van der Waals surface area contributed by atoms with Crippen LogP contribution in [0.25, 0.3) is 0 Å². The highest BCUT2D eigenvalue weighted by Crippen LogP contribution is 2.24. The molecule has 27 heavy (non-hydrogen) atoms. The lowest BCUT2D eigenvalue weighted by Crippen LogP contribution is -2.43. The van der Waals surface area contributed by atoms with E-state index in [1.165, 1.54) is 18.6 Å². The molecule has 0 saturated carbocycles. The predicted octanol–water partition coefficient (Wildman–Crippen LogP) is 5.94. The lowest BCUT2D eigenvalue weighted by atomic mass is 10.0. The van der Waals surface area contributed by atoms with Gasteiger partial charge in [-0.05, 0) is 63.6 Å². The minimum absolute atomic E-state index is 0.166. The van der Waals surface area contributed by atoms with Crippen LogP contribution in [0, 0.1) is 0 Å². The Morgan fingerprint density at radius 2 is 1.56 bits per heavy atom. The van der Waals surface area contributed by atoms with Crippen molar-refractivity contribution in [3.63, 3.8) is 0 Å². The molecule has 0 spiro atoms. The van der Waals surface area contributed by atoms with Gasteiger partial charge in [-0.3, -0.25) is 4.90 Å². The standard InChI is InChI=1S/C17H25F3N2O.2C2H6/c1-3-10-21(2)15-8-11-22(12-9-15)13-14-4-6-16(7-5-14)23-17(18,19)20;2*1-2/h4-7,15H,3,8-13H2,1-2H3;2*1-2H3. The average molecular weight is 391 g/mol. The summed E-state index contributed by atoms with van der Waals surface area (Å²) in [5.74, 6) is -0.166. The lowest BCUT2D eigenvalue weighted by Gasteiger charge is -2.36. The van der Waals surface area contributed by atoms with Crippen LogP contribution in [-0.2, 0) is 6.54 Å². The van der Waals surface area contributed by atoms with Crippen LogP contribution in [0.4, 0.5) is 13.2 Å². The fourth-order valence-corrected chi connectivity index (χ4v) is 3.11. The van der Waals surface area contributed by atoms with Gasteiger partial charge < -0.3 is 9.64 Å². The van der Waals surface area contributed by atoms with E-state index in [1.807, 2.05) is 27.7 Å². The van der Waals surface area contributed by atoms with Crippen molar-refractivity contribution >= 4 is 0 Å². The van der Waals surface area contributed by atoms with E-state index >= 15 is 0 Å². The van der Waals surface area contributed by atoms with Crippen molar-refractivity contribution in [1.82, 2.24) is 9.80 Å². The topological polar surface area (TPSA) is 15.7 Å². The Hall–Kier alpha value is -1.27. The molecule has 0 atom stereocenters. The van der Waals surface area contributed by atoms with Crippen LogP contribution in [0.3, 0.4) is 0 Å². The fraction of sp³-hybridized carbons (Fsp3) is 0.714. The summed E-state index contributed by atoms with van der Waals surface area (Å²) in [4.78, 5) is 4.79. The largest absolute Gasteiger partial charge is 0.573 e. The van der Waals surface area contributed by atoms with Crippen molar-refractivity contribution in [2.24, 2.45) is 0 Å². The van der Waals surface area contributed by atoms with E-state index in [0.717, 1.165) is 44.6 Å². The van der Waals surface area contributed by atoms with Gasteiger partial charge in [-0.15, -0.1) is 13.2 Å². The Kier molecular flexibility index (Phi) is 13.2. The van der Waals surface area contributed by atoms with Gasteiger partial charge in [0.2, 0.25) is 0 Å². The Labute approximate surface area is 163 Å². The van der Waals surface area contributed by atoms with Crippen molar-refractivity contribution in [2.45, 2.75) is 72.8 Å². The molecule has 0 radical (unpaired) electrons. The number of rotatable bonds is 6. The predicted molar refractivity (Wildman–Crippen MR) is 107 cm³/mol. The van der Waals surface area contributed by atoms with E-state index in [9.17, 15) is 13.2 Å². The van der Waals surface area contributed by atoms with Gasteiger partial charge in [0, 0.05) is 12.6 Å². The summed E-state index contributed by atoms with van der Waals surface area (Å²) < 4.78 is 40.3. The third-order valence-corrected chi connectivity index (χ3v) is 4.32. The van der Waals surface area contributed by atoms with Crippen LogP contribution in [0.15, 0.2) is 24.3 Å². The van der Waals surface area contributed by atoms with Gasteiger partial charge in [-0.25, -0.2) is 0 Å². The lowest BCUT2D eigenvalue weighted by molar-refractivity contribution is -0.274. The molecule has 6 heteroatoms. The number of ether oxygens (including phenoxy) is 1. The first-order valence-corrected chi connectivity index (χ1v) is 10.1. The van der Waals surface area contributed by atoms with Gasteiger partial charge in [0.15, 0.2) is 0 Å². The number of piperidine rings is 1. The fourth-order valence-electron chi connectivity index (χ4n) is 3.11. The SMILES string of the molecule is CC.CC.CCCN(C)C1CCN(Cc2ccc(OC(F)(F)F)cc2)CC1. The van der Waals surface area contributed by atoms with Gasteiger partial charge in [0.1, 0.15) is 5.75 Å². The molecule has 1 heterocycles. The zero-order valence-corrected chi connectivity index (χ0v) is 17.8. The molecular formula is C21H37F3N2O. The number of nitrogens with zero attached hydrogens (tertiary/aromatic N) is 2. The first-order chi connectivity index (χ1) is 12.9. The van der Waals surface area contributed by atoms with E-state index in [2.05, 4.69) is 28.5 Å². The van der Waals surface area contributed by atoms with Crippen molar-refractivity contribution in [3.05, 3.63) is 29.8 Å². The van der Waals surface area contributed by atoms with Gasteiger partial charge in [0.05, 0.1) is 0 Å². The maximum absolute atomic E-state index is 12.1. The monoisotopic (exact) mass is 390 g/mol. The zero-order chi connectivity index (χ0) is 20.9. The molecule has 158 valence electrons. The number of likely N-dealkylation sites (tertiary alicyclic amines) is 1. The Morgan fingerprint density at radius 1 is 1.04 bits per heavy atom. The number of benzene rings is 1. The summed E-state index contributed by atoms with van der Waals surface area (Å²) in [5, 5.41) is 0. The molecule has 0 amide bonds. The normalized spacial score (nSPS) is 15.5. The molecule has 1 fully saturated rings. The number of alkyl halides is 3. The molecule has 1 aliphatic rings. The summed E-state index contributed by atoms with van der Waals surface area (Å²) in [6.45, 7) is 14.2. The van der Waals surface area contributed by atoms with Crippen LogP contribution in [0.2, 0.25) is 0 Å².